The van der Waals surface area contributed by atoms with Gasteiger partial charge in [-0.15, -0.1) is 22.9 Å². The maximum Gasteiger partial charge on any atom is 0.241 e. The van der Waals surface area contributed by atoms with Crippen molar-refractivity contribution in [1.29, 1.82) is 0 Å². The Bertz CT molecular complexity index is 517. The van der Waals surface area contributed by atoms with Crippen LogP contribution >= 0.6 is 34.3 Å². The first kappa shape index (κ1) is 10.9. The van der Waals surface area contributed by atoms with E-state index in [0.717, 1.165) is 9.53 Å². The van der Waals surface area contributed by atoms with Crippen LogP contribution in [-0.2, 0) is 4.79 Å². The fraction of sp³-hybridized carbons (Fsp3) is 0.333. The largest absolute Gasteiger partial charge is 0.301 e. The van der Waals surface area contributed by atoms with Gasteiger partial charge in [0.25, 0.3) is 0 Å². The number of rotatable bonds is 2. The van der Waals surface area contributed by atoms with Crippen molar-refractivity contribution >= 4 is 54.8 Å². The van der Waals surface area contributed by atoms with Crippen molar-refractivity contribution in [3.8, 4) is 0 Å². The second-order valence-corrected chi connectivity index (χ2v) is 5.59. The Balaban J connectivity index is 2.36. The number of anilines is 1. The summed E-state index contributed by atoms with van der Waals surface area (Å²) in [6.45, 7) is 4.14. The number of hydrogen-bond donors (Lipinski definition) is 1. The van der Waals surface area contributed by atoms with Gasteiger partial charge in [-0.25, -0.2) is 4.98 Å². The van der Waals surface area contributed by atoms with E-state index in [4.69, 9.17) is 11.6 Å². The number of nitrogens with one attached hydrogen (secondary N) is 1. The van der Waals surface area contributed by atoms with Crippen LogP contribution < -0.4 is 5.32 Å². The molecule has 0 aliphatic heterocycles. The molecule has 0 saturated heterocycles. The van der Waals surface area contributed by atoms with E-state index in [1.165, 1.54) is 21.8 Å². The van der Waals surface area contributed by atoms with Crippen LogP contribution in [0.1, 0.15) is 10.4 Å². The number of halogens is 1. The topological polar surface area (TPSA) is 42.0 Å². The Morgan fingerprint density at radius 3 is 2.80 bits per heavy atom. The summed E-state index contributed by atoms with van der Waals surface area (Å²) in [5, 5.41) is 3.29. The molecule has 0 aliphatic carbocycles. The van der Waals surface area contributed by atoms with Crippen LogP contribution in [0.15, 0.2) is 0 Å². The van der Waals surface area contributed by atoms with Crippen LogP contribution in [0.2, 0.25) is 0 Å². The predicted molar refractivity (Wildman–Crippen MR) is 66.3 cm³/mol. The second-order valence-electron chi connectivity index (χ2n) is 3.12. The highest BCUT2D eigenvalue weighted by Crippen LogP contribution is 2.36. The Morgan fingerprint density at radius 2 is 2.20 bits per heavy atom. The monoisotopic (exact) mass is 260 g/mol. The molecule has 0 unspecified atom stereocenters. The van der Waals surface area contributed by atoms with Gasteiger partial charge in [0.15, 0.2) is 5.13 Å². The summed E-state index contributed by atoms with van der Waals surface area (Å²) in [4.78, 5) is 17.7. The molecular weight excluding hydrogens is 252 g/mol. The van der Waals surface area contributed by atoms with Crippen molar-refractivity contribution in [2.75, 3.05) is 11.2 Å². The maximum atomic E-state index is 11.1. The molecular formula is C9H9ClN2OS2. The number of hydrogen-bond acceptors (Lipinski definition) is 4. The van der Waals surface area contributed by atoms with Crippen LogP contribution in [-0.4, -0.2) is 16.8 Å². The SMILES string of the molecule is Cc1sc2nc(NC(=O)CCl)sc2c1C. The summed E-state index contributed by atoms with van der Waals surface area (Å²) >= 11 is 8.54. The standard InChI is InChI=1S/C9H9ClN2OS2/c1-4-5(2)14-8-7(4)15-9(12-8)11-6(13)3-10/h3H2,1-2H3,(H,11,12,13). The second kappa shape index (κ2) is 4.08. The Hall–Kier alpha value is -0.650. The van der Waals surface area contributed by atoms with E-state index in [0.29, 0.717) is 5.13 Å². The van der Waals surface area contributed by atoms with Crippen LogP contribution in [0.3, 0.4) is 0 Å². The highest BCUT2D eigenvalue weighted by atomic mass is 35.5. The predicted octanol–water partition coefficient (Wildman–Crippen LogP) is 3.15. The maximum absolute atomic E-state index is 11.1. The van der Waals surface area contributed by atoms with Gasteiger partial charge < -0.3 is 5.32 Å². The van der Waals surface area contributed by atoms with Gasteiger partial charge in [-0.3, -0.25) is 4.79 Å². The van der Waals surface area contributed by atoms with Crippen molar-refractivity contribution in [2.45, 2.75) is 13.8 Å². The van der Waals surface area contributed by atoms with E-state index in [-0.39, 0.29) is 11.8 Å². The average molecular weight is 261 g/mol. The lowest BCUT2D eigenvalue weighted by Gasteiger charge is -1.95. The smallest absolute Gasteiger partial charge is 0.241 e. The molecule has 2 rings (SSSR count). The molecule has 1 N–H and O–H groups in total. The van der Waals surface area contributed by atoms with Gasteiger partial charge in [0.2, 0.25) is 5.91 Å². The first-order valence-electron chi connectivity index (χ1n) is 4.34. The van der Waals surface area contributed by atoms with E-state index >= 15 is 0 Å². The number of carbonyl (C=O) groups excluding carboxylic acids is 1. The van der Waals surface area contributed by atoms with Gasteiger partial charge in [0.05, 0.1) is 4.70 Å². The average Bonchev–Trinajstić information content (AvgIpc) is 2.68. The molecule has 2 heterocycles. The minimum absolute atomic E-state index is 0.0365. The molecule has 80 valence electrons. The zero-order valence-electron chi connectivity index (χ0n) is 8.26. The quantitative estimate of drug-likeness (QED) is 0.843. The Kier molecular flexibility index (Phi) is 2.95. The van der Waals surface area contributed by atoms with Gasteiger partial charge in [-0.2, -0.15) is 0 Å². The van der Waals surface area contributed by atoms with Gasteiger partial charge in [0.1, 0.15) is 10.7 Å². The van der Waals surface area contributed by atoms with Crippen molar-refractivity contribution in [3.63, 3.8) is 0 Å². The number of alkyl halides is 1. The van der Waals surface area contributed by atoms with Gasteiger partial charge >= 0.3 is 0 Å². The molecule has 0 bridgehead atoms. The summed E-state index contributed by atoms with van der Waals surface area (Å²) in [5.74, 6) is -0.252. The molecule has 0 radical (unpaired) electrons. The van der Waals surface area contributed by atoms with E-state index in [9.17, 15) is 4.79 Å². The number of aromatic nitrogens is 1. The van der Waals surface area contributed by atoms with Gasteiger partial charge in [-0.05, 0) is 19.4 Å². The van der Waals surface area contributed by atoms with E-state index in [2.05, 4.69) is 24.1 Å². The fourth-order valence-corrected chi connectivity index (χ4v) is 3.50. The molecule has 6 heteroatoms. The lowest BCUT2D eigenvalue weighted by molar-refractivity contribution is -0.113. The number of thiazole rings is 1. The number of fused-ring (bicyclic) bond motifs is 1. The highest BCUT2D eigenvalue weighted by Gasteiger charge is 2.12. The zero-order chi connectivity index (χ0) is 11.0. The first-order valence-corrected chi connectivity index (χ1v) is 6.51. The van der Waals surface area contributed by atoms with Crippen LogP contribution in [0, 0.1) is 13.8 Å². The van der Waals surface area contributed by atoms with E-state index in [1.54, 1.807) is 11.3 Å². The summed E-state index contributed by atoms with van der Waals surface area (Å²) in [6.07, 6.45) is 0. The van der Waals surface area contributed by atoms with Gasteiger partial charge in [-0.1, -0.05) is 11.3 Å². The molecule has 0 aliphatic rings. The number of carbonyl (C=O) groups is 1. The normalized spacial score (nSPS) is 10.9. The van der Waals surface area contributed by atoms with Crippen molar-refractivity contribution in [1.82, 2.24) is 4.98 Å². The molecule has 0 spiro atoms. The lowest BCUT2D eigenvalue weighted by atomic mass is 10.3. The third kappa shape index (κ3) is 2.00. The lowest BCUT2D eigenvalue weighted by Crippen LogP contribution is -2.11. The molecule has 15 heavy (non-hydrogen) atoms. The summed E-state index contributed by atoms with van der Waals surface area (Å²) in [6, 6.07) is 0. The van der Waals surface area contributed by atoms with Crippen LogP contribution in [0.4, 0.5) is 5.13 Å². The molecule has 0 aromatic carbocycles. The summed E-state index contributed by atoms with van der Waals surface area (Å²) < 4.78 is 1.15. The molecule has 3 nitrogen and oxygen atoms in total. The molecule has 0 fully saturated rings. The Morgan fingerprint density at radius 1 is 1.47 bits per heavy atom. The number of amides is 1. The van der Waals surface area contributed by atoms with E-state index in [1.807, 2.05) is 0 Å². The third-order valence-corrected chi connectivity index (χ3v) is 4.65. The minimum atomic E-state index is -0.215. The molecule has 0 atom stereocenters. The molecule has 2 aromatic rings. The fourth-order valence-electron chi connectivity index (χ4n) is 1.20. The minimum Gasteiger partial charge on any atom is -0.301 e. The van der Waals surface area contributed by atoms with Crippen LogP contribution in [0.5, 0.6) is 0 Å². The number of thiophene rings is 1. The molecule has 0 saturated carbocycles. The van der Waals surface area contributed by atoms with Crippen LogP contribution in [0.25, 0.3) is 9.53 Å². The van der Waals surface area contributed by atoms with Crippen molar-refractivity contribution < 1.29 is 4.79 Å². The number of nitrogens with zero attached hydrogens (tertiary/aromatic N) is 1. The number of aryl methyl sites for hydroxylation is 2. The summed E-state index contributed by atoms with van der Waals surface area (Å²) in [7, 11) is 0. The first-order chi connectivity index (χ1) is 7.11. The van der Waals surface area contributed by atoms with E-state index < -0.39 is 0 Å². The van der Waals surface area contributed by atoms with Crippen molar-refractivity contribution in [3.05, 3.63) is 10.4 Å². The zero-order valence-corrected chi connectivity index (χ0v) is 10.6. The molecule has 2 aromatic heterocycles. The van der Waals surface area contributed by atoms with Gasteiger partial charge in [0, 0.05) is 4.88 Å². The third-order valence-electron chi connectivity index (χ3n) is 2.08. The highest BCUT2D eigenvalue weighted by molar-refractivity contribution is 7.29. The Labute approximate surface area is 100 Å². The van der Waals surface area contributed by atoms with Crippen molar-refractivity contribution in [2.24, 2.45) is 0 Å². The molecule has 1 amide bonds. The summed E-state index contributed by atoms with van der Waals surface area (Å²) in [5.41, 5.74) is 1.25.